The molecule has 1 saturated carbocycles. The summed E-state index contributed by atoms with van der Waals surface area (Å²) in [5, 5.41) is 15.4. The molecule has 6 nitrogen and oxygen atoms in total. The van der Waals surface area contributed by atoms with Crippen molar-refractivity contribution in [1.29, 1.82) is 0 Å². The predicted octanol–water partition coefficient (Wildman–Crippen LogP) is 2.85. The lowest BCUT2D eigenvalue weighted by Crippen LogP contribution is -2.42. The second kappa shape index (κ2) is 7.52. The number of fused-ring (bicyclic) bond motifs is 1. The van der Waals surface area contributed by atoms with Crippen molar-refractivity contribution in [2.75, 3.05) is 13.1 Å². The van der Waals surface area contributed by atoms with E-state index < -0.39 is 6.10 Å². The summed E-state index contributed by atoms with van der Waals surface area (Å²) in [6.07, 6.45) is 3.99. The molecule has 7 heteroatoms. The van der Waals surface area contributed by atoms with Crippen LogP contribution in [-0.4, -0.2) is 51.0 Å². The molecule has 1 aromatic heterocycles. The number of rotatable bonds is 4. The van der Waals surface area contributed by atoms with Crippen molar-refractivity contribution in [3.63, 3.8) is 0 Å². The van der Waals surface area contributed by atoms with Gasteiger partial charge in [-0.2, -0.15) is 5.10 Å². The lowest BCUT2D eigenvalue weighted by molar-refractivity contribution is -0.0231. The molecule has 4 atom stereocenters. The Morgan fingerprint density at radius 2 is 2.11 bits per heavy atom. The van der Waals surface area contributed by atoms with Crippen molar-refractivity contribution in [3.05, 3.63) is 47.2 Å². The van der Waals surface area contributed by atoms with Crippen LogP contribution in [-0.2, 0) is 6.54 Å². The third-order valence-corrected chi connectivity index (χ3v) is 5.89. The third kappa shape index (κ3) is 3.82. The van der Waals surface area contributed by atoms with E-state index in [1.54, 1.807) is 29.2 Å². The van der Waals surface area contributed by atoms with Crippen molar-refractivity contribution in [1.82, 2.24) is 14.7 Å². The van der Waals surface area contributed by atoms with E-state index >= 15 is 0 Å². The van der Waals surface area contributed by atoms with E-state index in [1.165, 1.54) is 0 Å². The van der Waals surface area contributed by atoms with Gasteiger partial charge in [-0.1, -0.05) is 17.7 Å². The van der Waals surface area contributed by atoms with E-state index in [2.05, 4.69) is 5.10 Å². The van der Waals surface area contributed by atoms with Crippen molar-refractivity contribution in [2.24, 2.45) is 11.8 Å². The molecule has 0 radical (unpaired) electrons. The molecule has 1 amide bonds. The summed E-state index contributed by atoms with van der Waals surface area (Å²) in [6, 6.07) is 7.24. The van der Waals surface area contributed by atoms with E-state index in [-0.39, 0.29) is 12.0 Å². The molecule has 2 aromatic rings. The molecule has 2 fully saturated rings. The van der Waals surface area contributed by atoms with Crippen LogP contribution in [0.1, 0.15) is 30.1 Å². The van der Waals surface area contributed by atoms with Crippen LogP contribution in [0.3, 0.4) is 0 Å². The van der Waals surface area contributed by atoms with Gasteiger partial charge >= 0.3 is 0 Å². The van der Waals surface area contributed by atoms with Crippen LogP contribution >= 0.6 is 11.6 Å². The first kappa shape index (κ1) is 18.3. The highest BCUT2D eigenvalue weighted by Gasteiger charge is 2.44. The molecule has 0 spiro atoms. The number of carbonyl (C=O) groups is 1. The topological polar surface area (TPSA) is 67.6 Å². The second-order valence-electron chi connectivity index (χ2n) is 7.47. The molecule has 1 saturated heterocycles. The fourth-order valence-electron chi connectivity index (χ4n) is 4.23. The molecule has 0 bridgehead atoms. The Bertz CT molecular complexity index is 824. The van der Waals surface area contributed by atoms with Gasteiger partial charge in [-0.3, -0.25) is 9.48 Å². The molecular weight excluding hydrogens is 366 g/mol. The highest BCUT2D eigenvalue weighted by Crippen LogP contribution is 2.38. The SMILES string of the molecule is CCn1cc(C(=O)N2C[C@H]3C[C@@H](Oc4cccc(Cl)c4)[C@H](O)C[C@H]3C2)cn1. The van der Waals surface area contributed by atoms with Crippen molar-refractivity contribution in [2.45, 2.75) is 38.5 Å². The molecule has 27 heavy (non-hydrogen) atoms. The van der Waals surface area contributed by atoms with Gasteiger partial charge in [-0.15, -0.1) is 0 Å². The Balaban J connectivity index is 1.41. The largest absolute Gasteiger partial charge is 0.488 e. The van der Waals surface area contributed by atoms with Crippen LogP contribution < -0.4 is 4.74 Å². The number of halogens is 1. The molecule has 0 unspecified atom stereocenters. The summed E-state index contributed by atoms with van der Waals surface area (Å²) >= 11 is 6.02. The third-order valence-electron chi connectivity index (χ3n) is 5.66. The van der Waals surface area contributed by atoms with E-state index in [4.69, 9.17) is 16.3 Å². The van der Waals surface area contributed by atoms with Crippen LogP contribution in [0.2, 0.25) is 5.02 Å². The monoisotopic (exact) mass is 389 g/mol. The zero-order valence-electron chi connectivity index (χ0n) is 15.3. The lowest BCUT2D eigenvalue weighted by Gasteiger charge is -2.35. The molecule has 1 aromatic carbocycles. The maximum Gasteiger partial charge on any atom is 0.257 e. The molecular formula is C20H24ClN3O3. The lowest BCUT2D eigenvalue weighted by atomic mass is 9.78. The maximum atomic E-state index is 12.8. The fraction of sp³-hybridized carbons (Fsp3) is 0.500. The Hall–Kier alpha value is -2.05. The normalized spacial score (nSPS) is 27.4. The number of hydrogen-bond acceptors (Lipinski definition) is 4. The van der Waals surface area contributed by atoms with Gasteiger partial charge in [0, 0.05) is 30.9 Å². The van der Waals surface area contributed by atoms with Crippen molar-refractivity contribution in [3.8, 4) is 5.75 Å². The summed E-state index contributed by atoms with van der Waals surface area (Å²) in [5.41, 5.74) is 0.628. The highest BCUT2D eigenvalue weighted by molar-refractivity contribution is 6.30. The number of likely N-dealkylation sites (tertiary alicyclic amines) is 1. The molecule has 144 valence electrons. The van der Waals surface area contributed by atoms with E-state index in [9.17, 15) is 9.90 Å². The molecule has 2 aliphatic rings. The maximum absolute atomic E-state index is 12.8. The van der Waals surface area contributed by atoms with Gasteiger partial charge in [0.25, 0.3) is 5.91 Å². The van der Waals surface area contributed by atoms with Crippen molar-refractivity contribution >= 4 is 17.5 Å². The summed E-state index contributed by atoms with van der Waals surface area (Å²) < 4.78 is 7.76. The Labute approximate surface area is 163 Å². The van der Waals surface area contributed by atoms with Gasteiger partial charge in [-0.25, -0.2) is 0 Å². The van der Waals surface area contributed by atoms with Crippen LogP contribution in [0.25, 0.3) is 0 Å². The van der Waals surface area contributed by atoms with Gasteiger partial charge in [-0.05, 0) is 49.8 Å². The van der Waals surface area contributed by atoms with Crippen LogP contribution in [0.5, 0.6) is 5.75 Å². The number of aliphatic hydroxyl groups is 1. The molecule has 4 rings (SSSR count). The first-order valence-corrected chi connectivity index (χ1v) is 9.83. The number of ether oxygens (including phenoxy) is 1. The number of benzene rings is 1. The van der Waals surface area contributed by atoms with Gasteiger partial charge in [0.15, 0.2) is 0 Å². The average Bonchev–Trinajstić information content (AvgIpc) is 3.28. The number of hydrogen-bond donors (Lipinski definition) is 1. The smallest absolute Gasteiger partial charge is 0.257 e. The molecule has 2 heterocycles. The Morgan fingerprint density at radius 3 is 2.81 bits per heavy atom. The Kier molecular flexibility index (Phi) is 5.10. The van der Waals surface area contributed by atoms with Gasteiger partial charge < -0.3 is 14.7 Å². The number of aryl methyl sites for hydroxylation is 1. The first-order valence-electron chi connectivity index (χ1n) is 9.45. The fourth-order valence-corrected chi connectivity index (χ4v) is 4.41. The summed E-state index contributed by atoms with van der Waals surface area (Å²) in [7, 11) is 0. The minimum absolute atomic E-state index is 0.0194. The van der Waals surface area contributed by atoms with Gasteiger partial charge in [0.05, 0.1) is 17.9 Å². The number of aliphatic hydroxyl groups excluding tert-OH is 1. The number of amides is 1. The average molecular weight is 390 g/mol. The quantitative estimate of drug-likeness (QED) is 0.873. The summed E-state index contributed by atoms with van der Waals surface area (Å²) in [5.74, 6) is 1.33. The van der Waals surface area contributed by atoms with E-state index in [0.717, 1.165) is 13.0 Å². The number of nitrogens with zero attached hydrogens (tertiary/aromatic N) is 3. The first-order chi connectivity index (χ1) is 13.0. The Morgan fingerprint density at radius 1 is 1.33 bits per heavy atom. The van der Waals surface area contributed by atoms with Gasteiger partial charge in [0.1, 0.15) is 11.9 Å². The van der Waals surface area contributed by atoms with E-state index in [0.29, 0.717) is 47.7 Å². The minimum Gasteiger partial charge on any atom is -0.488 e. The van der Waals surface area contributed by atoms with E-state index in [1.807, 2.05) is 24.0 Å². The highest BCUT2D eigenvalue weighted by atomic mass is 35.5. The standard InChI is InChI=1S/C20H24ClN3O3/c1-2-24-12-15(9-22-24)20(26)23-10-13-6-18(25)19(7-14(13)11-23)27-17-5-3-4-16(21)8-17/h3-5,8-9,12-14,18-19,25H,2,6-7,10-11H2,1H3/t13-,14+,18+,19+/m0/s1. The zero-order valence-corrected chi connectivity index (χ0v) is 16.0. The van der Waals surface area contributed by atoms with Crippen molar-refractivity contribution < 1.29 is 14.6 Å². The minimum atomic E-state index is -0.539. The molecule has 1 N–H and O–H groups in total. The zero-order chi connectivity index (χ0) is 19.0. The molecule has 1 aliphatic carbocycles. The predicted molar refractivity (Wildman–Crippen MR) is 102 cm³/mol. The number of carbonyl (C=O) groups excluding carboxylic acids is 1. The van der Waals surface area contributed by atoms with Crippen LogP contribution in [0.4, 0.5) is 0 Å². The van der Waals surface area contributed by atoms with Gasteiger partial charge in [0.2, 0.25) is 0 Å². The van der Waals surface area contributed by atoms with Crippen LogP contribution in [0.15, 0.2) is 36.7 Å². The second-order valence-corrected chi connectivity index (χ2v) is 7.90. The van der Waals surface area contributed by atoms with Crippen LogP contribution in [0, 0.1) is 11.8 Å². The molecule has 1 aliphatic heterocycles. The summed E-state index contributed by atoms with van der Waals surface area (Å²) in [4.78, 5) is 14.7. The summed E-state index contributed by atoms with van der Waals surface area (Å²) in [6.45, 7) is 4.12. The number of aromatic nitrogens is 2.